The molecule has 2 heteroatoms. The Balaban J connectivity index is 0.000000774. The SMILES string of the molecule is C=O.COc1cc(-c2cccc3ccccc23)ccc1C. The molecule has 2 nitrogen and oxygen atoms in total. The average molecular weight is 278 g/mol. The van der Waals surface area contributed by atoms with Crippen LogP contribution in [0.25, 0.3) is 21.9 Å². The summed E-state index contributed by atoms with van der Waals surface area (Å²) in [7, 11) is 1.72. The van der Waals surface area contributed by atoms with E-state index in [4.69, 9.17) is 9.53 Å². The molecule has 0 atom stereocenters. The molecular formula is C19H18O2. The summed E-state index contributed by atoms with van der Waals surface area (Å²) in [5, 5.41) is 2.54. The number of fused-ring (bicyclic) bond motifs is 1. The highest BCUT2D eigenvalue weighted by Crippen LogP contribution is 2.31. The molecule has 0 aliphatic rings. The zero-order valence-corrected chi connectivity index (χ0v) is 12.3. The highest BCUT2D eigenvalue weighted by Gasteiger charge is 2.06. The van der Waals surface area contributed by atoms with Gasteiger partial charge in [0, 0.05) is 0 Å². The lowest BCUT2D eigenvalue weighted by atomic mass is 9.97. The third-order valence-corrected chi connectivity index (χ3v) is 3.51. The van der Waals surface area contributed by atoms with Crippen LogP contribution in [0.15, 0.2) is 60.7 Å². The van der Waals surface area contributed by atoms with E-state index in [9.17, 15) is 0 Å². The van der Waals surface area contributed by atoms with Gasteiger partial charge in [0.05, 0.1) is 7.11 Å². The Kier molecular flexibility index (Phi) is 4.72. The Morgan fingerprint density at radius 2 is 1.62 bits per heavy atom. The number of methoxy groups -OCH3 is 1. The van der Waals surface area contributed by atoms with Crippen LogP contribution in [0.3, 0.4) is 0 Å². The van der Waals surface area contributed by atoms with E-state index in [-0.39, 0.29) is 0 Å². The maximum absolute atomic E-state index is 8.00. The summed E-state index contributed by atoms with van der Waals surface area (Å²) in [4.78, 5) is 8.00. The maximum atomic E-state index is 8.00. The van der Waals surface area contributed by atoms with Gasteiger partial charge in [0.15, 0.2) is 0 Å². The summed E-state index contributed by atoms with van der Waals surface area (Å²) in [6, 6.07) is 21.2. The second-order valence-electron chi connectivity index (χ2n) is 4.71. The summed E-state index contributed by atoms with van der Waals surface area (Å²) in [6.07, 6.45) is 0. The van der Waals surface area contributed by atoms with Crippen LogP contribution in [0.5, 0.6) is 5.75 Å². The molecule has 3 aromatic carbocycles. The topological polar surface area (TPSA) is 26.3 Å². The van der Waals surface area contributed by atoms with E-state index >= 15 is 0 Å². The van der Waals surface area contributed by atoms with Crippen molar-refractivity contribution in [3.8, 4) is 16.9 Å². The fraction of sp³-hybridized carbons (Fsp3) is 0.105. The zero-order chi connectivity index (χ0) is 15.2. The lowest BCUT2D eigenvalue weighted by Gasteiger charge is -2.10. The van der Waals surface area contributed by atoms with Crippen molar-refractivity contribution in [1.82, 2.24) is 0 Å². The first kappa shape index (κ1) is 14.8. The standard InChI is InChI=1S/C18H16O.CH2O/c1-13-10-11-15(12-18(13)19-2)17-9-5-7-14-6-3-4-8-16(14)17;1-2/h3-12H,1-2H3;1H2. The van der Waals surface area contributed by atoms with Gasteiger partial charge in [-0.3, -0.25) is 0 Å². The van der Waals surface area contributed by atoms with Gasteiger partial charge in [-0.15, -0.1) is 0 Å². The Morgan fingerprint density at radius 3 is 2.38 bits per heavy atom. The molecule has 0 aromatic heterocycles. The Labute approximate surface area is 125 Å². The first-order chi connectivity index (χ1) is 10.3. The first-order valence-electron chi connectivity index (χ1n) is 6.71. The maximum Gasteiger partial charge on any atom is 0.122 e. The van der Waals surface area contributed by atoms with Crippen molar-refractivity contribution in [1.29, 1.82) is 0 Å². The van der Waals surface area contributed by atoms with Gasteiger partial charge in [0.2, 0.25) is 0 Å². The first-order valence-corrected chi connectivity index (χ1v) is 6.71. The van der Waals surface area contributed by atoms with Crippen LogP contribution >= 0.6 is 0 Å². The molecule has 0 amide bonds. The number of rotatable bonds is 2. The lowest BCUT2D eigenvalue weighted by molar-refractivity contribution is -0.0979. The number of aryl methyl sites for hydroxylation is 1. The normalized spacial score (nSPS) is 9.81. The van der Waals surface area contributed by atoms with Gasteiger partial charge in [0.1, 0.15) is 12.5 Å². The molecule has 0 aliphatic carbocycles. The molecule has 0 spiro atoms. The Bertz CT molecular complexity index is 742. The van der Waals surface area contributed by atoms with E-state index in [1.807, 2.05) is 6.79 Å². The molecule has 0 saturated heterocycles. The van der Waals surface area contributed by atoms with E-state index in [1.165, 1.54) is 21.9 Å². The smallest absolute Gasteiger partial charge is 0.122 e. The molecule has 0 bridgehead atoms. The predicted molar refractivity (Wildman–Crippen MR) is 87.8 cm³/mol. The lowest BCUT2D eigenvalue weighted by Crippen LogP contribution is -1.88. The number of carbonyl (C=O) groups is 1. The van der Waals surface area contributed by atoms with Gasteiger partial charge in [0.25, 0.3) is 0 Å². The minimum Gasteiger partial charge on any atom is -0.496 e. The molecule has 3 rings (SSSR count). The quantitative estimate of drug-likeness (QED) is 0.682. The Hall–Kier alpha value is -2.61. The van der Waals surface area contributed by atoms with Gasteiger partial charge >= 0.3 is 0 Å². The third-order valence-electron chi connectivity index (χ3n) is 3.51. The highest BCUT2D eigenvalue weighted by molar-refractivity contribution is 5.96. The van der Waals surface area contributed by atoms with Crippen LogP contribution in [-0.2, 0) is 4.79 Å². The van der Waals surface area contributed by atoms with Crippen molar-refractivity contribution in [3.05, 3.63) is 66.2 Å². The third kappa shape index (κ3) is 2.95. The second kappa shape index (κ2) is 6.71. The summed E-state index contributed by atoms with van der Waals surface area (Å²) in [6.45, 7) is 4.06. The number of hydrogen-bond donors (Lipinski definition) is 0. The highest BCUT2D eigenvalue weighted by atomic mass is 16.5. The molecule has 0 saturated carbocycles. The van der Waals surface area contributed by atoms with E-state index in [0.29, 0.717) is 0 Å². The number of benzene rings is 3. The molecule has 0 radical (unpaired) electrons. The van der Waals surface area contributed by atoms with Gasteiger partial charge in [-0.1, -0.05) is 54.6 Å². The number of carbonyl (C=O) groups excluding carboxylic acids is 1. The van der Waals surface area contributed by atoms with Crippen molar-refractivity contribution >= 4 is 17.6 Å². The molecule has 0 fully saturated rings. The van der Waals surface area contributed by atoms with Crippen molar-refractivity contribution in [2.45, 2.75) is 6.92 Å². The minimum absolute atomic E-state index is 0.936. The summed E-state index contributed by atoms with van der Waals surface area (Å²) < 4.78 is 5.42. The molecular weight excluding hydrogens is 260 g/mol. The van der Waals surface area contributed by atoms with Crippen molar-refractivity contribution in [2.75, 3.05) is 7.11 Å². The van der Waals surface area contributed by atoms with Crippen LogP contribution in [0.2, 0.25) is 0 Å². The summed E-state index contributed by atoms with van der Waals surface area (Å²) in [5.41, 5.74) is 3.60. The molecule has 0 aliphatic heterocycles. The summed E-state index contributed by atoms with van der Waals surface area (Å²) >= 11 is 0. The predicted octanol–water partition coefficient (Wildman–Crippen LogP) is 4.64. The largest absolute Gasteiger partial charge is 0.496 e. The number of ether oxygens (including phenoxy) is 1. The Morgan fingerprint density at radius 1 is 0.905 bits per heavy atom. The van der Waals surface area contributed by atoms with Gasteiger partial charge in [-0.05, 0) is 40.5 Å². The van der Waals surface area contributed by atoms with Crippen LogP contribution in [0, 0.1) is 6.92 Å². The van der Waals surface area contributed by atoms with E-state index in [2.05, 4.69) is 67.6 Å². The second-order valence-corrected chi connectivity index (χ2v) is 4.71. The van der Waals surface area contributed by atoms with Crippen LogP contribution in [-0.4, -0.2) is 13.9 Å². The molecule has 106 valence electrons. The molecule has 3 aromatic rings. The fourth-order valence-electron chi connectivity index (χ4n) is 2.46. The average Bonchev–Trinajstić information content (AvgIpc) is 2.57. The minimum atomic E-state index is 0.936. The van der Waals surface area contributed by atoms with Crippen LogP contribution < -0.4 is 4.74 Å². The van der Waals surface area contributed by atoms with Crippen molar-refractivity contribution in [3.63, 3.8) is 0 Å². The zero-order valence-electron chi connectivity index (χ0n) is 12.3. The summed E-state index contributed by atoms with van der Waals surface area (Å²) in [5.74, 6) is 0.936. The molecule has 21 heavy (non-hydrogen) atoms. The van der Waals surface area contributed by atoms with Gasteiger partial charge in [-0.2, -0.15) is 0 Å². The fourth-order valence-corrected chi connectivity index (χ4v) is 2.46. The number of hydrogen-bond acceptors (Lipinski definition) is 2. The van der Waals surface area contributed by atoms with Crippen molar-refractivity contribution in [2.24, 2.45) is 0 Å². The van der Waals surface area contributed by atoms with Gasteiger partial charge < -0.3 is 9.53 Å². The molecule has 0 heterocycles. The molecule has 0 N–H and O–H groups in total. The van der Waals surface area contributed by atoms with Crippen molar-refractivity contribution < 1.29 is 9.53 Å². The van der Waals surface area contributed by atoms with Crippen LogP contribution in [0.1, 0.15) is 5.56 Å². The molecule has 0 unspecified atom stereocenters. The van der Waals surface area contributed by atoms with E-state index in [1.54, 1.807) is 7.11 Å². The van der Waals surface area contributed by atoms with E-state index in [0.717, 1.165) is 11.3 Å². The van der Waals surface area contributed by atoms with E-state index < -0.39 is 0 Å². The monoisotopic (exact) mass is 278 g/mol. The van der Waals surface area contributed by atoms with Crippen LogP contribution in [0.4, 0.5) is 0 Å². The van der Waals surface area contributed by atoms with Gasteiger partial charge in [-0.25, -0.2) is 0 Å².